The van der Waals surface area contributed by atoms with Crippen molar-refractivity contribution in [2.75, 3.05) is 13.6 Å². The number of primary amides is 1. The summed E-state index contributed by atoms with van der Waals surface area (Å²) in [6, 6.07) is 19.7. The summed E-state index contributed by atoms with van der Waals surface area (Å²) in [5.74, 6) is -0.432. The van der Waals surface area contributed by atoms with E-state index >= 15 is 0 Å². The minimum atomic E-state index is -0.432. The van der Waals surface area contributed by atoms with Gasteiger partial charge in [0.1, 0.15) is 0 Å². The first-order valence-corrected chi connectivity index (χ1v) is 9.46. The highest BCUT2D eigenvalue weighted by Crippen LogP contribution is 2.22. The van der Waals surface area contributed by atoms with E-state index in [1.165, 1.54) is 4.90 Å². The van der Waals surface area contributed by atoms with Crippen LogP contribution in [-0.2, 0) is 17.9 Å². The Morgan fingerprint density at radius 2 is 1.72 bits per heavy atom. The molecule has 3 amide bonds. The van der Waals surface area contributed by atoms with Crippen molar-refractivity contribution in [2.24, 2.45) is 5.73 Å². The van der Waals surface area contributed by atoms with E-state index in [1.807, 2.05) is 59.4 Å². The van der Waals surface area contributed by atoms with Gasteiger partial charge >= 0.3 is 6.03 Å². The molecule has 0 saturated carbocycles. The predicted octanol–water partition coefficient (Wildman–Crippen LogP) is 2.62. The van der Waals surface area contributed by atoms with Gasteiger partial charge in [-0.25, -0.2) is 4.79 Å². The Bertz CT molecular complexity index is 954. The van der Waals surface area contributed by atoms with Crippen LogP contribution in [0.2, 0.25) is 0 Å². The lowest BCUT2D eigenvalue weighted by Crippen LogP contribution is -2.38. The highest BCUT2D eigenvalue weighted by Gasteiger charge is 2.14. The van der Waals surface area contributed by atoms with E-state index < -0.39 is 5.91 Å². The first-order valence-electron chi connectivity index (χ1n) is 9.46. The molecule has 150 valence electrons. The van der Waals surface area contributed by atoms with E-state index in [2.05, 4.69) is 17.4 Å². The normalized spacial score (nSPS) is 10.5. The van der Waals surface area contributed by atoms with Crippen molar-refractivity contribution in [1.82, 2.24) is 20.0 Å². The molecule has 7 heteroatoms. The number of urea groups is 1. The number of amides is 3. The van der Waals surface area contributed by atoms with Gasteiger partial charge in [0.2, 0.25) is 5.91 Å². The molecule has 3 rings (SSSR count). The summed E-state index contributed by atoms with van der Waals surface area (Å²) < 4.78 is 1.88. The maximum absolute atomic E-state index is 12.3. The fourth-order valence-corrected chi connectivity index (χ4v) is 2.97. The van der Waals surface area contributed by atoms with Gasteiger partial charge < -0.3 is 16.0 Å². The van der Waals surface area contributed by atoms with E-state index in [0.29, 0.717) is 13.1 Å². The lowest BCUT2D eigenvalue weighted by atomic mass is 10.1. The molecule has 0 saturated heterocycles. The molecule has 0 aliphatic rings. The molecule has 0 aliphatic heterocycles. The third-order valence-electron chi connectivity index (χ3n) is 4.54. The molecule has 1 aromatic heterocycles. The van der Waals surface area contributed by atoms with Gasteiger partial charge in [0.25, 0.3) is 0 Å². The van der Waals surface area contributed by atoms with Crippen LogP contribution in [0.5, 0.6) is 0 Å². The number of hydrogen-bond donors (Lipinski definition) is 2. The Kier molecular flexibility index (Phi) is 6.63. The van der Waals surface area contributed by atoms with E-state index in [0.717, 1.165) is 22.4 Å². The summed E-state index contributed by atoms with van der Waals surface area (Å²) in [4.78, 5) is 24.7. The van der Waals surface area contributed by atoms with Crippen molar-refractivity contribution in [3.05, 3.63) is 78.0 Å². The third-order valence-corrected chi connectivity index (χ3v) is 4.54. The maximum atomic E-state index is 12.3. The number of nitrogens with two attached hydrogens (primary N) is 1. The molecule has 1 heterocycles. The van der Waals surface area contributed by atoms with Gasteiger partial charge in [-0.15, -0.1) is 0 Å². The Balaban J connectivity index is 1.75. The largest absolute Gasteiger partial charge is 0.370 e. The number of nitrogens with zero attached hydrogens (tertiary/aromatic N) is 3. The molecule has 0 atom stereocenters. The number of carbonyl (C=O) groups is 2. The van der Waals surface area contributed by atoms with Crippen molar-refractivity contribution >= 4 is 11.9 Å². The van der Waals surface area contributed by atoms with Gasteiger partial charge in [-0.05, 0) is 5.56 Å². The van der Waals surface area contributed by atoms with Crippen molar-refractivity contribution in [3.8, 4) is 11.3 Å². The summed E-state index contributed by atoms with van der Waals surface area (Å²) in [6.45, 7) is 1.26. The smallest absolute Gasteiger partial charge is 0.317 e. The lowest BCUT2D eigenvalue weighted by molar-refractivity contribution is -0.118. The molecule has 3 N–H and O–H groups in total. The maximum Gasteiger partial charge on any atom is 0.317 e. The monoisotopic (exact) mass is 391 g/mol. The molecule has 0 bridgehead atoms. The average molecular weight is 391 g/mol. The fourth-order valence-electron chi connectivity index (χ4n) is 2.97. The first-order chi connectivity index (χ1) is 14.0. The van der Waals surface area contributed by atoms with Crippen LogP contribution >= 0.6 is 0 Å². The highest BCUT2D eigenvalue weighted by atomic mass is 16.2. The molecule has 0 unspecified atom stereocenters. The number of benzene rings is 2. The molecular weight excluding hydrogens is 366 g/mol. The quantitative estimate of drug-likeness (QED) is 0.618. The average Bonchev–Trinajstić information content (AvgIpc) is 3.14. The van der Waals surface area contributed by atoms with Crippen LogP contribution in [0.1, 0.15) is 17.5 Å². The Labute approximate surface area is 170 Å². The number of hydrogen-bond acceptors (Lipinski definition) is 3. The van der Waals surface area contributed by atoms with Gasteiger partial charge in [-0.3, -0.25) is 9.48 Å². The van der Waals surface area contributed by atoms with Crippen molar-refractivity contribution in [2.45, 2.75) is 19.5 Å². The SMILES string of the molecule is CN(CCC(N)=O)C(=O)NCc1cn(Cc2ccccc2)nc1-c1ccccc1. The Hall–Kier alpha value is -3.61. The second-order valence-corrected chi connectivity index (χ2v) is 6.85. The standard InChI is InChI=1S/C22H25N5O2/c1-26(13-12-20(23)28)22(29)24-14-19-16-27(15-17-8-4-2-5-9-17)25-21(19)18-10-6-3-7-11-18/h2-11,16H,12-15H2,1H3,(H2,23,28)(H,24,29). The molecule has 7 nitrogen and oxygen atoms in total. The number of aromatic nitrogens is 2. The molecule has 0 radical (unpaired) electrons. The van der Waals surface area contributed by atoms with Crippen molar-refractivity contribution in [1.29, 1.82) is 0 Å². The van der Waals surface area contributed by atoms with E-state index in [-0.39, 0.29) is 19.0 Å². The second kappa shape index (κ2) is 9.54. The summed E-state index contributed by atoms with van der Waals surface area (Å²) in [5.41, 5.74) is 9.04. The molecule has 0 spiro atoms. The minimum Gasteiger partial charge on any atom is -0.370 e. The Morgan fingerprint density at radius 3 is 2.38 bits per heavy atom. The summed E-state index contributed by atoms with van der Waals surface area (Å²) in [7, 11) is 1.63. The van der Waals surface area contributed by atoms with Crippen molar-refractivity contribution < 1.29 is 9.59 Å². The zero-order chi connectivity index (χ0) is 20.6. The summed E-state index contributed by atoms with van der Waals surface area (Å²) >= 11 is 0. The fraction of sp³-hybridized carbons (Fsp3) is 0.227. The zero-order valence-electron chi connectivity index (χ0n) is 16.4. The van der Waals surface area contributed by atoms with Crippen LogP contribution in [0.15, 0.2) is 66.9 Å². The van der Waals surface area contributed by atoms with Crippen LogP contribution in [0.3, 0.4) is 0 Å². The van der Waals surface area contributed by atoms with Gasteiger partial charge in [0.15, 0.2) is 0 Å². The van der Waals surface area contributed by atoms with Gasteiger partial charge in [-0.2, -0.15) is 5.10 Å². The molecule has 2 aromatic carbocycles. The van der Waals surface area contributed by atoms with Crippen LogP contribution in [0.4, 0.5) is 4.79 Å². The summed E-state index contributed by atoms with van der Waals surface area (Å²) in [6.07, 6.45) is 2.09. The topological polar surface area (TPSA) is 93.2 Å². The predicted molar refractivity (Wildman–Crippen MR) is 112 cm³/mol. The summed E-state index contributed by atoms with van der Waals surface area (Å²) in [5, 5.41) is 7.64. The van der Waals surface area contributed by atoms with Crippen LogP contribution < -0.4 is 11.1 Å². The molecular formula is C22H25N5O2. The number of rotatable bonds is 8. The van der Waals surface area contributed by atoms with Gasteiger partial charge in [0, 0.05) is 43.9 Å². The number of nitrogens with one attached hydrogen (secondary N) is 1. The van der Waals surface area contributed by atoms with Crippen LogP contribution in [0, 0.1) is 0 Å². The highest BCUT2D eigenvalue weighted by molar-refractivity contribution is 5.77. The van der Waals surface area contributed by atoms with Crippen molar-refractivity contribution in [3.63, 3.8) is 0 Å². The Morgan fingerprint density at radius 1 is 1.07 bits per heavy atom. The molecule has 0 fully saturated rings. The zero-order valence-corrected chi connectivity index (χ0v) is 16.4. The second-order valence-electron chi connectivity index (χ2n) is 6.85. The van der Waals surface area contributed by atoms with Gasteiger partial charge in [0.05, 0.1) is 12.2 Å². The minimum absolute atomic E-state index is 0.133. The molecule has 0 aliphatic carbocycles. The molecule has 3 aromatic rings. The van der Waals surface area contributed by atoms with E-state index in [1.54, 1.807) is 7.05 Å². The van der Waals surface area contributed by atoms with E-state index in [4.69, 9.17) is 10.8 Å². The third kappa shape index (κ3) is 5.68. The number of carbonyl (C=O) groups excluding carboxylic acids is 2. The first kappa shape index (κ1) is 20.1. The van der Waals surface area contributed by atoms with Crippen LogP contribution in [-0.4, -0.2) is 40.2 Å². The van der Waals surface area contributed by atoms with Crippen LogP contribution in [0.25, 0.3) is 11.3 Å². The lowest BCUT2D eigenvalue weighted by Gasteiger charge is -2.17. The van der Waals surface area contributed by atoms with E-state index in [9.17, 15) is 9.59 Å². The van der Waals surface area contributed by atoms with Gasteiger partial charge in [-0.1, -0.05) is 60.7 Å². The molecule has 29 heavy (non-hydrogen) atoms.